The van der Waals surface area contributed by atoms with Crippen LogP contribution in [0.15, 0.2) is 42.9 Å². The minimum Gasteiger partial charge on any atom is -0.383 e. The van der Waals surface area contributed by atoms with Gasteiger partial charge >= 0.3 is 0 Å². The number of nitrogen functional groups attached to an aromatic ring is 1. The highest BCUT2D eigenvalue weighted by Crippen LogP contribution is 2.24. The molecular formula is C17H20N6O. The molecule has 1 amide bonds. The smallest absolute Gasteiger partial charge is 0.257 e. The summed E-state index contributed by atoms with van der Waals surface area (Å²) in [7, 11) is 3.60. The Morgan fingerprint density at radius 1 is 1.29 bits per heavy atom. The number of carbonyl (C=O) groups excluding carboxylic acids is 1. The number of anilines is 1. The number of carbonyl (C=O) groups is 1. The summed E-state index contributed by atoms with van der Waals surface area (Å²) in [5, 5.41) is 7.06. The fourth-order valence-corrected chi connectivity index (χ4v) is 2.68. The highest BCUT2D eigenvalue weighted by molar-refractivity contribution is 5.98. The number of nitrogens with zero attached hydrogens (tertiary/aromatic N) is 4. The van der Waals surface area contributed by atoms with Crippen molar-refractivity contribution in [1.29, 1.82) is 0 Å². The molecule has 7 heteroatoms. The Morgan fingerprint density at radius 3 is 2.62 bits per heavy atom. The minimum atomic E-state index is -0.377. The number of amides is 1. The van der Waals surface area contributed by atoms with Gasteiger partial charge in [0.1, 0.15) is 23.2 Å². The van der Waals surface area contributed by atoms with E-state index in [1.807, 2.05) is 49.0 Å². The Morgan fingerprint density at radius 2 is 2.04 bits per heavy atom. The maximum Gasteiger partial charge on any atom is 0.257 e. The molecule has 0 radical (unpaired) electrons. The van der Waals surface area contributed by atoms with E-state index in [1.54, 1.807) is 13.2 Å². The van der Waals surface area contributed by atoms with E-state index < -0.39 is 0 Å². The summed E-state index contributed by atoms with van der Waals surface area (Å²) in [6.45, 7) is 2.01. The van der Waals surface area contributed by atoms with E-state index in [1.165, 1.54) is 10.9 Å². The topological polar surface area (TPSA) is 90.8 Å². The second-order valence-electron chi connectivity index (χ2n) is 5.73. The van der Waals surface area contributed by atoms with Gasteiger partial charge in [0.05, 0.1) is 6.20 Å². The maximum absolute atomic E-state index is 12.7. The van der Waals surface area contributed by atoms with Crippen molar-refractivity contribution in [2.75, 3.05) is 5.73 Å². The molecule has 1 unspecified atom stereocenters. The van der Waals surface area contributed by atoms with Crippen LogP contribution in [0.3, 0.4) is 0 Å². The molecule has 2 aromatic heterocycles. The van der Waals surface area contributed by atoms with Crippen molar-refractivity contribution < 1.29 is 4.79 Å². The average molecular weight is 324 g/mol. The predicted molar refractivity (Wildman–Crippen MR) is 91.3 cm³/mol. The van der Waals surface area contributed by atoms with Gasteiger partial charge in [0.25, 0.3) is 5.91 Å². The molecule has 0 saturated heterocycles. The first-order chi connectivity index (χ1) is 11.5. The van der Waals surface area contributed by atoms with Crippen LogP contribution in [0.25, 0.3) is 0 Å². The van der Waals surface area contributed by atoms with E-state index in [0.29, 0.717) is 11.4 Å². The SMILES string of the molecule is Cc1ccccc1C(NC(=O)c1cnn(C)c1N)c1nccn1C. The van der Waals surface area contributed by atoms with Gasteiger partial charge in [0.15, 0.2) is 0 Å². The molecule has 124 valence electrons. The van der Waals surface area contributed by atoms with Crippen LogP contribution in [-0.2, 0) is 14.1 Å². The first kappa shape index (κ1) is 15.8. The molecule has 2 heterocycles. The molecule has 0 aliphatic carbocycles. The fourth-order valence-electron chi connectivity index (χ4n) is 2.68. The van der Waals surface area contributed by atoms with Crippen molar-refractivity contribution in [1.82, 2.24) is 24.6 Å². The number of hydrogen-bond acceptors (Lipinski definition) is 4. The molecule has 0 saturated carbocycles. The molecule has 0 spiro atoms. The molecule has 7 nitrogen and oxygen atoms in total. The zero-order valence-corrected chi connectivity index (χ0v) is 13.9. The number of imidazole rings is 1. The van der Waals surface area contributed by atoms with Gasteiger partial charge in [-0.25, -0.2) is 4.98 Å². The number of nitrogens with two attached hydrogens (primary N) is 1. The summed E-state index contributed by atoms with van der Waals surface area (Å²) in [6.07, 6.45) is 5.04. The second kappa shape index (κ2) is 6.19. The third-order valence-electron chi connectivity index (χ3n) is 4.12. The van der Waals surface area contributed by atoms with Crippen molar-refractivity contribution in [2.45, 2.75) is 13.0 Å². The van der Waals surface area contributed by atoms with Gasteiger partial charge in [0.2, 0.25) is 0 Å². The molecule has 1 atom stereocenters. The lowest BCUT2D eigenvalue weighted by Gasteiger charge is -2.20. The monoisotopic (exact) mass is 324 g/mol. The molecule has 0 fully saturated rings. The largest absolute Gasteiger partial charge is 0.383 e. The van der Waals surface area contributed by atoms with Crippen molar-refractivity contribution in [3.63, 3.8) is 0 Å². The summed E-state index contributed by atoms with van der Waals surface area (Å²) < 4.78 is 3.36. The Kier molecular flexibility index (Phi) is 4.07. The lowest BCUT2D eigenvalue weighted by atomic mass is 10.00. The zero-order chi connectivity index (χ0) is 17.3. The summed E-state index contributed by atoms with van der Waals surface area (Å²) in [6, 6.07) is 7.54. The zero-order valence-electron chi connectivity index (χ0n) is 13.9. The highest BCUT2D eigenvalue weighted by Gasteiger charge is 2.24. The number of aromatic nitrogens is 4. The Labute approximate surface area is 140 Å². The van der Waals surface area contributed by atoms with Crippen molar-refractivity contribution in [3.05, 3.63) is 65.4 Å². The van der Waals surface area contributed by atoms with Gasteiger partial charge in [-0.05, 0) is 18.1 Å². The number of nitrogens with one attached hydrogen (secondary N) is 1. The molecule has 3 aromatic rings. The maximum atomic E-state index is 12.7. The van der Waals surface area contributed by atoms with Gasteiger partial charge < -0.3 is 15.6 Å². The minimum absolute atomic E-state index is 0.281. The van der Waals surface area contributed by atoms with Gasteiger partial charge in [-0.3, -0.25) is 9.48 Å². The van der Waals surface area contributed by atoms with Crippen LogP contribution in [0.2, 0.25) is 0 Å². The Hall–Kier alpha value is -3.09. The molecule has 24 heavy (non-hydrogen) atoms. The Bertz CT molecular complexity index is 879. The normalized spacial score (nSPS) is 12.1. The number of rotatable bonds is 4. The van der Waals surface area contributed by atoms with E-state index >= 15 is 0 Å². The fraction of sp³-hybridized carbons (Fsp3) is 0.235. The standard InChI is InChI=1S/C17H20N6O/c1-11-6-4-5-7-12(11)14(16-19-8-9-22(16)2)21-17(24)13-10-20-23(3)15(13)18/h4-10,14H,18H2,1-3H3,(H,21,24). The Balaban J connectivity index is 2.00. The van der Waals surface area contributed by atoms with Gasteiger partial charge in [-0.1, -0.05) is 24.3 Å². The van der Waals surface area contributed by atoms with Gasteiger partial charge in [0, 0.05) is 26.5 Å². The highest BCUT2D eigenvalue weighted by atomic mass is 16.1. The number of benzene rings is 1. The first-order valence-corrected chi connectivity index (χ1v) is 7.60. The summed E-state index contributed by atoms with van der Waals surface area (Å²) in [5.74, 6) is 0.799. The number of aryl methyl sites for hydroxylation is 3. The second-order valence-corrected chi connectivity index (χ2v) is 5.73. The predicted octanol–water partition coefficient (Wildman–Crippen LogP) is 1.56. The van der Waals surface area contributed by atoms with Gasteiger partial charge in [-0.15, -0.1) is 0 Å². The van der Waals surface area contributed by atoms with Crippen LogP contribution < -0.4 is 11.1 Å². The molecular weight excluding hydrogens is 304 g/mol. The molecule has 0 bridgehead atoms. The van der Waals surface area contributed by atoms with Crippen LogP contribution >= 0.6 is 0 Å². The molecule has 0 aliphatic heterocycles. The summed E-state index contributed by atoms with van der Waals surface area (Å²) >= 11 is 0. The number of hydrogen-bond donors (Lipinski definition) is 2. The molecule has 3 rings (SSSR count). The third-order valence-corrected chi connectivity index (χ3v) is 4.12. The average Bonchev–Trinajstić information content (AvgIpc) is 3.12. The first-order valence-electron chi connectivity index (χ1n) is 7.60. The quantitative estimate of drug-likeness (QED) is 0.762. The van der Waals surface area contributed by atoms with Crippen LogP contribution in [0.1, 0.15) is 33.4 Å². The van der Waals surface area contributed by atoms with Crippen molar-refractivity contribution in [2.24, 2.45) is 14.1 Å². The lowest BCUT2D eigenvalue weighted by Crippen LogP contribution is -2.31. The van der Waals surface area contributed by atoms with E-state index in [-0.39, 0.29) is 11.9 Å². The van der Waals surface area contributed by atoms with Crippen LogP contribution in [0, 0.1) is 6.92 Å². The van der Waals surface area contributed by atoms with E-state index in [4.69, 9.17) is 5.73 Å². The van der Waals surface area contributed by atoms with E-state index in [0.717, 1.165) is 17.0 Å². The van der Waals surface area contributed by atoms with Gasteiger partial charge in [-0.2, -0.15) is 5.10 Å². The molecule has 3 N–H and O–H groups in total. The van der Waals surface area contributed by atoms with Crippen LogP contribution in [0.4, 0.5) is 5.82 Å². The third kappa shape index (κ3) is 2.76. The van der Waals surface area contributed by atoms with Crippen LogP contribution in [0.5, 0.6) is 0 Å². The van der Waals surface area contributed by atoms with E-state index in [9.17, 15) is 4.79 Å². The summed E-state index contributed by atoms with van der Waals surface area (Å²) in [5.41, 5.74) is 8.33. The van der Waals surface area contributed by atoms with Crippen molar-refractivity contribution in [3.8, 4) is 0 Å². The molecule has 1 aromatic carbocycles. The lowest BCUT2D eigenvalue weighted by molar-refractivity contribution is 0.0942. The van der Waals surface area contributed by atoms with Crippen molar-refractivity contribution >= 4 is 11.7 Å². The molecule has 0 aliphatic rings. The van der Waals surface area contributed by atoms with Crippen LogP contribution in [-0.4, -0.2) is 25.2 Å². The van der Waals surface area contributed by atoms with E-state index in [2.05, 4.69) is 15.4 Å². The summed E-state index contributed by atoms with van der Waals surface area (Å²) in [4.78, 5) is 17.1.